The van der Waals surface area contributed by atoms with Crippen LogP contribution in [0.2, 0.25) is 0 Å². The Morgan fingerprint density at radius 3 is 1.36 bits per heavy atom. The minimum Gasteiger partial charge on any atom is -0.494 e. The van der Waals surface area contributed by atoms with Crippen molar-refractivity contribution in [2.75, 3.05) is 0 Å². The standard InChI is InChI=1S/C30H34N8O2S2/c1-3-5-15-37-25(21-11-7-19(8-12-21)17-33-35-29(31)41)23-24(27(37)39)26(38(28(23)40)16-6-4-2)22-13-9-20(10-14-22)18-34-36-30(32)42/h7-14,17-18,39-40H,3-6,15-16H2,1-2H3,(H2,31,41)(H2,32,42). The molecule has 218 valence electrons. The number of aromatic hydroxyl groups is 2. The van der Waals surface area contributed by atoms with E-state index in [1.165, 1.54) is 0 Å². The van der Waals surface area contributed by atoms with Gasteiger partial charge in [-0.25, -0.2) is 0 Å². The Hall–Kier alpha value is -4.42. The van der Waals surface area contributed by atoms with E-state index in [-0.39, 0.29) is 22.0 Å². The SMILES string of the molecule is CCCCn1c(O)c2c(=c3ccc(=CN=NC(N)=S)cc3)n(CCCC)c(O)c2c1=c1ccc(=CN=NC(N)=S)cc1. The Bertz CT molecular complexity index is 1820. The molecule has 2 heterocycles. The summed E-state index contributed by atoms with van der Waals surface area (Å²) < 4.78 is 3.79. The quantitative estimate of drug-likeness (QED) is 0.166. The maximum atomic E-state index is 11.7. The van der Waals surface area contributed by atoms with Gasteiger partial charge in [-0.2, -0.15) is 10.2 Å². The van der Waals surface area contributed by atoms with Crippen molar-refractivity contribution in [1.29, 1.82) is 0 Å². The molecule has 10 nitrogen and oxygen atoms in total. The molecular weight excluding hydrogens is 569 g/mol. The predicted octanol–water partition coefficient (Wildman–Crippen LogP) is 4.90. The highest BCUT2D eigenvalue weighted by atomic mass is 32.1. The van der Waals surface area contributed by atoms with E-state index < -0.39 is 0 Å². The van der Waals surface area contributed by atoms with E-state index in [1.807, 2.05) is 57.7 Å². The first-order chi connectivity index (χ1) is 20.3. The molecule has 0 bridgehead atoms. The van der Waals surface area contributed by atoms with Crippen LogP contribution in [0.5, 0.6) is 11.8 Å². The zero-order chi connectivity index (χ0) is 30.2. The minimum absolute atomic E-state index is 0.0390. The lowest BCUT2D eigenvalue weighted by molar-refractivity contribution is 0.406. The van der Waals surface area contributed by atoms with Crippen LogP contribution in [0.1, 0.15) is 39.5 Å². The number of nitrogens with two attached hydrogens (primary N) is 2. The van der Waals surface area contributed by atoms with Crippen LogP contribution >= 0.6 is 24.4 Å². The maximum Gasteiger partial charge on any atom is 0.211 e. The van der Waals surface area contributed by atoms with Crippen molar-refractivity contribution in [3.8, 4) is 11.8 Å². The lowest BCUT2D eigenvalue weighted by atomic mass is 10.2. The van der Waals surface area contributed by atoms with E-state index in [2.05, 4.69) is 34.3 Å². The minimum atomic E-state index is -0.0390. The molecule has 0 atom stereocenters. The third-order valence-electron chi connectivity index (χ3n) is 6.79. The molecule has 42 heavy (non-hydrogen) atoms. The topological polar surface area (TPSA) is 152 Å². The van der Waals surface area contributed by atoms with E-state index >= 15 is 0 Å². The summed E-state index contributed by atoms with van der Waals surface area (Å²) in [6.07, 6.45) is 6.75. The number of nitrogens with zero attached hydrogens (tertiary/aromatic N) is 6. The summed E-state index contributed by atoms with van der Waals surface area (Å²) in [7, 11) is 0. The number of hydrogen-bond donors (Lipinski definition) is 4. The number of fused-ring (bicyclic) bond motifs is 1. The first-order valence-electron chi connectivity index (χ1n) is 13.7. The van der Waals surface area contributed by atoms with E-state index in [9.17, 15) is 10.2 Å². The van der Waals surface area contributed by atoms with Gasteiger partial charge < -0.3 is 30.8 Å². The Morgan fingerprint density at radius 2 is 1.05 bits per heavy atom. The van der Waals surface area contributed by atoms with Gasteiger partial charge in [0.25, 0.3) is 0 Å². The Kier molecular flexibility index (Phi) is 10.2. The highest BCUT2D eigenvalue weighted by Crippen LogP contribution is 2.39. The van der Waals surface area contributed by atoms with Crippen LogP contribution in [-0.4, -0.2) is 29.6 Å². The second kappa shape index (κ2) is 14.0. The first kappa shape index (κ1) is 30.5. The summed E-state index contributed by atoms with van der Waals surface area (Å²) in [5.41, 5.74) is 10.8. The molecule has 0 aliphatic heterocycles. The molecule has 2 aromatic heterocycles. The summed E-state index contributed by atoms with van der Waals surface area (Å²) in [6, 6.07) is 15.3. The molecule has 4 rings (SSSR count). The van der Waals surface area contributed by atoms with Crippen LogP contribution in [0.3, 0.4) is 0 Å². The van der Waals surface area contributed by atoms with Gasteiger partial charge in [-0.05, 0) is 58.2 Å². The summed E-state index contributed by atoms with van der Waals surface area (Å²) >= 11 is 9.47. The molecule has 0 spiro atoms. The molecule has 0 saturated heterocycles. The Labute approximate surface area is 253 Å². The van der Waals surface area contributed by atoms with Gasteiger partial charge in [-0.1, -0.05) is 75.2 Å². The van der Waals surface area contributed by atoms with Crippen LogP contribution in [0, 0.1) is 21.1 Å². The molecule has 0 aliphatic rings. The van der Waals surface area contributed by atoms with E-state index in [0.29, 0.717) is 23.9 Å². The van der Waals surface area contributed by atoms with Crippen molar-refractivity contribution in [3.63, 3.8) is 0 Å². The number of aromatic nitrogens is 2. The number of rotatable bonds is 8. The summed E-state index contributed by atoms with van der Waals surface area (Å²) in [6.45, 7) is 5.40. The average molecular weight is 603 g/mol. The highest BCUT2D eigenvalue weighted by molar-refractivity contribution is 7.80. The number of azo groups is 2. The largest absolute Gasteiger partial charge is 0.494 e. The Morgan fingerprint density at radius 1 is 0.690 bits per heavy atom. The number of unbranched alkanes of at least 4 members (excludes halogenated alkanes) is 2. The molecule has 12 heteroatoms. The molecule has 0 aliphatic carbocycles. The second-order valence-electron chi connectivity index (χ2n) is 9.71. The van der Waals surface area contributed by atoms with Gasteiger partial charge in [0.05, 0.1) is 33.9 Å². The number of benzene rings is 2. The van der Waals surface area contributed by atoms with E-state index in [4.69, 9.17) is 35.9 Å². The van der Waals surface area contributed by atoms with Gasteiger partial charge in [0.2, 0.25) is 22.0 Å². The lowest BCUT2D eigenvalue weighted by Gasteiger charge is -2.09. The fourth-order valence-electron chi connectivity index (χ4n) is 4.85. The highest BCUT2D eigenvalue weighted by Gasteiger charge is 2.22. The van der Waals surface area contributed by atoms with Gasteiger partial charge >= 0.3 is 0 Å². The molecule has 2 aromatic carbocycles. The average Bonchev–Trinajstić information content (AvgIpc) is 3.41. The lowest BCUT2D eigenvalue weighted by Crippen LogP contribution is -2.03. The van der Waals surface area contributed by atoms with Crippen molar-refractivity contribution in [3.05, 3.63) is 80.1 Å². The van der Waals surface area contributed by atoms with Crippen LogP contribution in [-0.2, 0) is 13.1 Å². The molecular formula is C30H34N8O2S2. The fraction of sp³-hybridized carbons (Fsp3) is 0.267. The van der Waals surface area contributed by atoms with Crippen molar-refractivity contribution in [2.24, 2.45) is 31.9 Å². The molecule has 6 N–H and O–H groups in total. The van der Waals surface area contributed by atoms with E-state index in [1.54, 1.807) is 12.4 Å². The summed E-state index contributed by atoms with van der Waals surface area (Å²) in [4.78, 5) is 0. The van der Waals surface area contributed by atoms with Gasteiger partial charge in [-0.15, -0.1) is 10.2 Å². The van der Waals surface area contributed by atoms with Crippen molar-refractivity contribution in [2.45, 2.75) is 52.6 Å². The van der Waals surface area contributed by atoms with Crippen LogP contribution in [0.4, 0.5) is 0 Å². The van der Waals surface area contributed by atoms with Gasteiger partial charge in [0, 0.05) is 13.1 Å². The molecule has 0 fully saturated rings. The van der Waals surface area contributed by atoms with Gasteiger partial charge in [-0.3, -0.25) is 0 Å². The third kappa shape index (κ3) is 6.72. The second-order valence-corrected chi connectivity index (χ2v) is 10.6. The third-order valence-corrected chi connectivity index (χ3v) is 6.95. The molecule has 0 unspecified atom stereocenters. The summed E-state index contributed by atoms with van der Waals surface area (Å²) in [5.74, 6) is 0.242. The van der Waals surface area contributed by atoms with Crippen molar-refractivity contribution >= 4 is 57.8 Å². The van der Waals surface area contributed by atoms with Crippen LogP contribution in [0.15, 0.2) is 69.0 Å². The fourth-order valence-corrected chi connectivity index (χ4v) is 4.95. The van der Waals surface area contributed by atoms with Crippen molar-refractivity contribution in [1.82, 2.24) is 9.13 Å². The monoisotopic (exact) mass is 602 g/mol. The van der Waals surface area contributed by atoms with Gasteiger partial charge in [0.15, 0.2) is 0 Å². The van der Waals surface area contributed by atoms with E-state index in [0.717, 1.165) is 57.3 Å². The zero-order valence-electron chi connectivity index (χ0n) is 23.6. The molecule has 4 aromatic rings. The van der Waals surface area contributed by atoms with Crippen LogP contribution in [0.25, 0.3) is 23.2 Å². The first-order valence-corrected chi connectivity index (χ1v) is 14.5. The van der Waals surface area contributed by atoms with Crippen LogP contribution < -0.4 is 21.9 Å². The molecule has 0 radical (unpaired) electrons. The maximum absolute atomic E-state index is 11.7. The Balaban J connectivity index is 2.12. The zero-order valence-corrected chi connectivity index (χ0v) is 25.2. The molecule has 0 amide bonds. The number of hydrogen-bond acceptors (Lipinski definition) is 6. The predicted molar refractivity (Wildman–Crippen MR) is 173 cm³/mol. The van der Waals surface area contributed by atoms with Gasteiger partial charge in [0.1, 0.15) is 0 Å². The number of thiocarbonyl (C=S) groups is 2. The smallest absolute Gasteiger partial charge is 0.211 e. The molecule has 0 saturated carbocycles. The van der Waals surface area contributed by atoms with Crippen molar-refractivity contribution < 1.29 is 10.2 Å². The summed E-state index contributed by atoms with van der Waals surface area (Å²) in [5, 5.41) is 44.6. The normalized spacial score (nSPS) is 11.6.